The van der Waals surface area contributed by atoms with Crippen molar-refractivity contribution in [3.8, 4) is 0 Å². The van der Waals surface area contributed by atoms with E-state index in [1.165, 1.54) is 18.4 Å². The van der Waals surface area contributed by atoms with Gasteiger partial charge >= 0.3 is 0 Å². The zero-order chi connectivity index (χ0) is 14.3. The first-order chi connectivity index (χ1) is 10.2. The number of nitrogens with one attached hydrogen (secondary N) is 1. The second-order valence-corrected chi connectivity index (χ2v) is 7.42. The molecule has 3 fully saturated rings. The molecule has 1 spiro atoms. The molecule has 0 bridgehead atoms. The molecule has 0 unspecified atom stereocenters. The van der Waals surface area contributed by atoms with Crippen LogP contribution in [0.5, 0.6) is 0 Å². The standard InChI is InChI=1S/C18H25NO2/c20-16-10-18(11-16)8-15(9-18)19-14-6-17(7-14)21-12-13-4-2-1-3-5-13/h1-5,14-17,19-20H,6-12H2. The Morgan fingerprint density at radius 3 is 2.43 bits per heavy atom. The van der Waals surface area contributed by atoms with Crippen molar-refractivity contribution in [3.63, 3.8) is 0 Å². The molecule has 3 saturated carbocycles. The molecule has 3 aliphatic carbocycles. The molecule has 2 N–H and O–H groups in total. The van der Waals surface area contributed by atoms with Gasteiger partial charge in [0, 0.05) is 12.1 Å². The third-order valence-corrected chi connectivity index (χ3v) is 5.59. The quantitative estimate of drug-likeness (QED) is 0.875. The first kappa shape index (κ1) is 13.7. The number of hydrogen-bond donors (Lipinski definition) is 2. The highest BCUT2D eigenvalue weighted by Crippen LogP contribution is 2.56. The number of aliphatic hydroxyl groups excluding tert-OH is 1. The Morgan fingerprint density at radius 2 is 1.76 bits per heavy atom. The molecule has 0 heterocycles. The van der Waals surface area contributed by atoms with E-state index in [9.17, 15) is 5.11 Å². The van der Waals surface area contributed by atoms with Gasteiger partial charge in [0.2, 0.25) is 0 Å². The SMILES string of the molecule is OC1CC2(C1)CC(NC1CC(OCc3ccccc3)C1)C2. The summed E-state index contributed by atoms with van der Waals surface area (Å²) in [6.07, 6.45) is 7.36. The summed E-state index contributed by atoms with van der Waals surface area (Å²) in [4.78, 5) is 0. The van der Waals surface area contributed by atoms with E-state index in [-0.39, 0.29) is 6.10 Å². The molecular weight excluding hydrogens is 262 g/mol. The molecule has 0 atom stereocenters. The molecule has 114 valence electrons. The second kappa shape index (κ2) is 5.38. The molecule has 3 aliphatic rings. The van der Waals surface area contributed by atoms with E-state index in [1.807, 2.05) is 6.07 Å². The molecule has 0 aliphatic heterocycles. The van der Waals surface area contributed by atoms with Crippen LogP contribution in [0.25, 0.3) is 0 Å². The minimum absolute atomic E-state index is 0.00887. The summed E-state index contributed by atoms with van der Waals surface area (Å²) in [7, 11) is 0. The fraction of sp³-hybridized carbons (Fsp3) is 0.667. The van der Waals surface area contributed by atoms with Crippen molar-refractivity contribution in [2.75, 3.05) is 0 Å². The first-order valence-corrected chi connectivity index (χ1v) is 8.30. The lowest BCUT2D eigenvalue weighted by Gasteiger charge is -2.57. The summed E-state index contributed by atoms with van der Waals surface area (Å²) in [5, 5.41) is 13.2. The Morgan fingerprint density at radius 1 is 1.05 bits per heavy atom. The van der Waals surface area contributed by atoms with Crippen molar-refractivity contribution in [1.29, 1.82) is 0 Å². The highest BCUT2D eigenvalue weighted by molar-refractivity contribution is 5.13. The Bertz CT molecular complexity index is 469. The molecular formula is C18H25NO2. The Labute approximate surface area is 126 Å². The molecule has 3 nitrogen and oxygen atoms in total. The summed E-state index contributed by atoms with van der Waals surface area (Å²) < 4.78 is 5.94. The highest BCUT2D eigenvalue weighted by Gasteiger charge is 2.53. The summed E-state index contributed by atoms with van der Waals surface area (Å²) in [5.41, 5.74) is 1.78. The van der Waals surface area contributed by atoms with Gasteiger partial charge in [-0.2, -0.15) is 0 Å². The third kappa shape index (κ3) is 2.87. The number of aliphatic hydroxyl groups is 1. The lowest BCUT2D eigenvalue weighted by Crippen LogP contribution is -2.60. The van der Waals surface area contributed by atoms with E-state index >= 15 is 0 Å². The van der Waals surface area contributed by atoms with Gasteiger partial charge in [-0.15, -0.1) is 0 Å². The third-order valence-electron chi connectivity index (χ3n) is 5.59. The summed E-state index contributed by atoms with van der Waals surface area (Å²) >= 11 is 0. The van der Waals surface area contributed by atoms with Gasteiger partial charge in [0.1, 0.15) is 0 Å². The van der Waals surface area contributed by atoms with Crippen molar-refractivity contribution in [2.24, 2.45) is 5.41 Å². The van der Waals surface area contributed by atoms with Crippen molar-refractivity contribution < 1.29 is 9.84 Å². The zero-order valence-corrected chi connectivity index (χ0v) is 12.5. The average molecular weight is 287 g/mol. The van der Waals surface area contributed by atoms with Gasteiger partial charge in [0.15, 0.2) is 0 Å². The molecule has 1 aromatic rings. The maximum atomic E-state index is 9.42. The topological polar surface area (TPSA) is 41.5 Å². The van der Waals surface area contributed by atoms with Gasteiger partial charge in [0.05, 0.1) is 18.8 Å². The van der Waals surface area contributed by atoms with Crippen LogP contribution < -0.4 is 5.32 Å². The van der Waals surface area contributed by atoms with Gasteiger partial charge in [-0.3, -0.25) is 0 Å². The van der Waals surface area contributed by atoms with Gasteiger partial charge in [0.25, 0.3) is 0 Å². The van der Waals surface area contributed by atoms with Crippen LogP contribution in [0.1, 0.15) is 44.1 Å². The molecule has 3 heteroatoms. The van der Waals surface area contributed by atoms with E-state index in [2.05, 4.69) is 29.6 Å². The van der Waals surface area contributed by atoms with Crippen LogP contribution in [0.3, 0.4) is 0 Å². The van der Waals surface area contributed by atoms with Crippen LogP contribution in [0, 0.1) is 5.41 Å². The zero-order valence-electron chi connectivity index (χ0n) is 12.5. The molecule has 21 heavy (non-hydrogen) atoms. The minimum Gasteiger partial charge on any atom is -0.393 e. The molecule has 0 saturated heterocycles. The van der Waals surface area contributed by atoms with Gasteiger partial charge in [-0.05, 0) is 49.5 Å². The predicted octanol–water partition coefficient (Wildman–Crippen LogP) is 2.63. The lowest BCUT2D eigenvalue weighted by molar-refractivity contribution is -0.105. The summed E-state index contributed by atoms with van der Waals surface area (Å²) in [6, 6.07) is 11.8. The smallest absolute Gasteiger partial charge is 0.0720 e. The average Bonchev–Trinajstić information content (AvgIpc) is 2.37. The van der Waals surface area contributed by atoms with Crippen LogP contribution in [0.2, 0.25) is 0 Å². The molecule has 4 rings (SSSR count). The Kier molecular flexibility index (Phi) is 3.52. The minimum atomic E-state index is -0.00887. The summed E-state index contributed by atoms with van der Waals surface area (Å²) in [5.74, 6) is 0. The van der Waals surface area contributed by atoms with Gasteiger partial charge < -0.3 is 15.2 Å². The largest absolute Gasteiger partial charge is 0.393 e. The number of benzene rings is 1. The van der Waals surface area contributed by atoms with Crippen molar-refractivity contribution in [3.05, 3.63) is 35.9 Å². The first-order valence-electron chi connectivity index (χ1n) is 8.30. The van der Waals surface area contributed by atoms with Gasteiger partial charge in [-0.25, -0.2) is 0 Å². The predicted molar refractivity (Wildman–Crippen MR) is 81.9 cm³/mol. The van der Waals surface area contributed by atoms with Crippen molar-refractivity contribution in [2.45, 2.75) is 69.4 Å². The summed E-state index contributed by atoms with van der Waals surface area (Å²) in [6.45, 7) is 0.739. The fourth-order valence-electron chi connectivity index (χ4n) is 4.34. The second-order valence-electron chi connectivity index (χ2n) is 7.42. The normalized spacial score (nSPS) is 41.2. The highest BCUT2D eigenvalue weighted by atomic mass is 16.5. The van der Waals surface area contributed by atoms with Crippen LogP contribution in [0.15, 0.2) is 30.3 Å². The van der Waals surface area contributed by atoms with Crippen LogP contribution in [-0.4, -0.2) is 29.4 Å². The maximum absolute atomic E-state index is 9.42. The maximum Gasteiger partial charge on any atom is 0.0720 e. The van der Waals surface area contributed by atoms with Crippen molar-refractivity contribution >= 4 is 0 Å². The fourth-order valence-corrected chi connectivity index (χ4v) is 4.34. The van der Waals surface area contributed by atoms with Crippen LogP contribution in [-0.2, 0) is 11.3 Å². The monoisotopic (exact) mass is 287 g/mol. The lowest BCUT2D eigenvalue weighted by atomic mass is 9.52. The Balaban J connectivity index is 1.11. The van der Waals surface area contributed by atoms with Gasteiger partial charge in [-0.1, -0.05) is 30.3 Å². The van der Waals surface area contributed by atoms with E-state index in [1.54, 1.807) is 0 Å². The van der Waals surface area contributed by atoms with E-state index in [0.29, 0.717) is 23.6 Å². The molecule has 0 amide bonds. The van der Waals surface area contributed by atoms with E-state index in [0.717, 1.165) is 32.3 Å². The number of rotatable bonds is 5. The van der Waals surface area contributed by atoms with Crippen molar-refractivity contribution in [1.82, 2.24) is 5.32 Å². The van der Waals surface area contributed by atoms with E-state index in [4.69, 9.17) is 4.74 Å². The number of hydrogen-bond acceptors (Lipinski definition) is 3. The van der Waals surface area contributed by atoms with E-state index < -0.39 is 0 Å². The van der Waals surface area contributed by atoms with Crippen LogP contribution >= 0.6 is 0 Å². The van der Waals surface area contributed by atoms with Crippen LogP contribution in [0.4, 0.5) is 0 Å². The Hall–Kier alpha value is -0.900. The molecule has 1 aromatic carbocycles. The number of ether oxygens (including phenoxy) is 1. The molecule has 0 aromatic heterocycles. The molecule has 0 radical (unpaired) electrons.